The summed E-state index contributed by atoms with van der Waals surface area (Å²) in [5, 5.41) is 11.0. The number of carboxylic acids is 1. The van der Waals surface area contributed by atoms with E-state index in [1.807, 2.05) is 42.5 Å². The van der Waals surface area contributed by atoms with Crippen LogP contribution in [0.3, 0.4) is 0 Å². The van der Waals surface area contributed by atoms with Crippen LogP contribution in [0, 0.1) is 0 Å². The fourth-order valence-electron chi connectivity index (χ4n) is 3.16. The van der Waals surface area contributed by atoms with Crippen LogP contribution >= 0.6 is 0 Å². The molecule has 1 aliphatic heterocycles. The van der Waals surface area contributed by atoms with Gasteiger partial charge in [-0.05, 0) is 30.0 Å². The van der Waals surface area contributed by atoms with Crippen LogP contribution in [0.5, 0.6) is 0 Å². The van der Waals surface area contributed by atoms with Gasteiger partial charge in [-0.3, -0.25) is 14.5 Å². The lowest BCUT2D eigenvalue weighted by Gasteiger charge is -2.34. The molecule has 1 saturated heterocycles. The molecule has 0 bridgehead atoms. The zero-order valence-corrected chi connectivity index (χ0v) is 14.2. The SMILES string of the molecule is CN(CC(=O)O)CC1CN(C(=O)c2ccc3ccccc3c2)CCO1. The van der Waals surface area contributed by atoms with Crippen LogP contribution in [0.1, 0.15) is 10.4 Å². The average Bonchev–Trinajstić information content (AvgIpc) is 2.60. The Morgan fingerprint density at radius 3 is 2.76 bits per heavy atom. The third-order valence-electron chi connectivity index (χ3n) is 4.34. The van der Waals surface area contributed by atoms with Crippen molar-refractivity contribution in [2.45, 2.75) is 6.10 Å². The summed E-state index contributed by atoms with van der Waals surface area (Å²) >= 11 is 0. The van der Waals surface area contributed by atoms with Gasteiger partial charge in [0, 0.05) is 25.2 Å². The molecule has 0 spiro atoms. The number of amides is 1. The summed E-state index contributed by atoms with van der Waals surface area (Å²) in [7, 11) is 1.74. The van der Waals surface area contributed by atoms with E-state index in [2.05, 4.69) is 0 Å². The van der Waals surface area contributed by atoms with E-state index < -0.39 is 5.97 Å². The average molecular weight is 342 g/mol. The predicted octanol–water partition coefficient (Wildman–Crippen LogP) is 1.70. The molecule has 2 aromatic rings. The van der Waals surface area contributed by atoms with E-state index in [1.165, 1.54) is 0 Å². The number of hydrogen-bond acceptors (Lipinski definition) is 4. The Kier molecular flexibility index (Phi) is 5.31. The largest absolute Gasteiger partial charge is 0.480 e. The van der Waals surface area contributed by atoms with Gasteiger partial charge in [-0.25, -0.2) is 0 Å². The number of carboxylic acid groups (broad SMARTS) is 1. The molecule has 1 aliphatic rings. The van der Waals surface area contributed by atoms with E-state index in [9.17, 15) is 9.59 Å². The number of likely N-dealkylation sites (N-methyl/N-ethyl adjacent to an activating group) is 1. The lowest BCUT2D eigenvalue weighted by Crippen LogP contribution is -2.49. The van der Waals surface area contributed by atoms with Crippen LogP contribution in [0.2, 0.25) is 0 Å². The minimum absolute atomic E-state index is 0.0139. The van der Waals surface area contributed by atoms with Crippen molar-refractivity contribution in [1.29, 1.82) is 0 Å². The number of aliphatic carboxylic acids is 1. The Balaban J connectivity index is 1.67. The van der Waals surface area contributed by atoms with Crippen molar-refractivity contribution in [3.05, 3.63) is 48.0 Å². The summed E-state index contributed by atoms with van der Waals surface area (Å²) < 4.78 is 5.69. The number of fused-ring (bicyclic) bond motifs is 1. The normalized spacial score (nSPS) is 17.8. The lowest BCUT2D eigenvalue weighted by molar-refractivity contribution is -0.138. The highest BCUT2D eigenvalue weighted by atomic mass is 16.5. The molecule has 0 saturated carbocycles. The Morgan fingerprint density at radius 1 is 1.24 bits per heavy atom. The quantitative estimate of drug-likeness (QED) is 0.896. The van der Waals surface area contributed by atoms with Crippen molar-refractivity contribution >= 4 is 22.6 Å². The van der Waals surface area contributed by atoms with Crippen LogP contribution in [0.4, 0.5) is 0 Å². The fraction of sp³-hybridized carbons (Fsp3) is 0.368. The second-order valence-electron chi connectivity index (χ2n) is 6.40. The number of nitrogens with zero attached hydrogens (tertiary/aromatic N) is 2. The molecule has 132 valence electrons. The highest BCUT2D eigenvalue weighted by Crippen LogP contribution is 2.18. The first kappa shape index (κ1) is 17.4. The standard InChI is InChI=1S/C19H22N2O4/c1-20(13-18(22)23)11-17-12-21(8-9-25-17)19(24)16-7-6-14-4-2-3-5-15(14)10-16/h2-7,10,17H,8-9,11-13H2,1H3,(H,22,23). The summed E-state index contributed by atoms with van der Waals surface area (Å²) in [5.41, 5.74) is 0.665. The van der Waals surface area contributed by atoms with Crippen molar-refractivity contribution < 1.29 is 19.4 Å². The number of hydrogen-bond donors (Lipinski definition) is 1. The monoisotopic (exact) mass is 342 g/mol. The smallest absolute Gasteiger partial charge is 0.317 e. The van der Waals surface area contributed by atoms with E-state index >= 15 is 0 Å². The first-order chi connectivity index (χ1) is 12.0. The number of morpholine rings is 1. The Hall–Kier alpha value is -2.44. The maximum absolute atomic E-state index is 12.8. The van der Waals surface area contributed by atoms with E-state index in [1.54, 1.807) is 16.8 Å². The highest BCUT2D eigenvalue weighted by molar-refractivity contribution is 5.98. The first-order valence-corrected chi connectivity index (χ1v) is 8.33. The van der Waals surface area contributed by atoms with Gasteiger partial charge >= 0.3 is 5.97 Å². The molecule has 1 fully saturated rings. The van der Waals surface area contributed by atoms with Gasteiger partial charge in [-0.15, -0.1) is 0 Å². The molecule has 3 rings (SSSR count). The molecule has 1 amide bonds. The van der Waals surface area contributed by atoms with Gasteiger partial charge in [0.25, 0.3) is 5.91 Å². The van der Waals surface area contributed by atoms with Crippen LogP contribution in [-0.4, -0.2) is 72.7 Å². The zero-order valence-electron chi connectivity index (χ0n) is 14.2. The van der Waals surface area contributed by atoms with E-state index in [0.717, 1.165) is 10.8 Å². The molecule has 1 heterocycles. The molecule has 0 aromatic heterocycles. The molecule has 6 heteroatoms. The highest BCUT2D eigenvalue weighted by Gasteiger charge is 2.26. The summed E-state index contributed by atoms with van der Waals surface area (Å²) in [5.74, 6) is -0.887. The summed E-state index contributed by atoms with van der Waals surface area (Å²) in [4.78, 5) is 27.1. The van der Waals surface area contributed by atoms with Crippen LogP contribution in [-0.2, 0) is 9.53 Å². The number of carbonyl (C=O) groups excluding carboxylic acids is 1. The van der Waals surface area contributed by atoms with Crippen LogP contribution in [0.15, 0.2) is 42.5 Å². The second kappa shape index (κ2) is 7.63. The van der Waals surface area contributed by atoms with E-state index in [4.69, 9.17) is 9.84 Å². The number of ether oxygens (including phenoxy) is 1. The predicted molar refractivity (Wildman–Crippen MR) is 94.7 cm³/mol. The molecule has 1 atom stereocenters. The Labute approximate surface area is 146 Å². The van der Waals surface area contributed by atoms with Crippen molar-refractivity contribution in [1.82, 2.24) is 9.80 Å². The number of carbonyl (C=O) groups is 2. The topological polar surface area (TPSA) is 70.1 Å². The van der Waals surface area contributed by atoms with Gasteiger partial charge in [0.1, 0.15) is 0 Å². The minimum Gasteiger partial charge on any atom is -0.480 e. The molecule has 1 N–H and O–H groups in total. The van der Waals surface area contributed by atoms with Crippen molar-refractivity contribution in [3.63, 3.8) is 0 Å². The third-order valence-corrected chi connectivity index (χ3v) is 4.34. The van der Waals surface area contributed by atoms with Crippen molar-refractivity contribution in [2.75, 3.05) is 39.8 Å². The van der Waals surface area contributed by atoms with Crippen molar-refractivity contribution in [2.24, 2.45) is 0 Å². The molecular weight excluding hydrogens is 320 g/mol. The second-order valence-corrected chi connectivity index (χ2v) is 6.40. The van der Waals surface area contributed by atoms with Gasteiger partial charge in [0.2, 0.25) is 0 Å². The number of benzene rings is 2. The molecule has 0 radical (unpaired) electrons. The first-order valence-electron chi connectivity index (χ1n) is 8.33. The molecule has 25 heavy (non-hydrogen) atoms. The fourth-order valence-corrected chi connectivity index (χ4v) is 3.16. The summed E-state index contributed by atoms with van der Waals surface area (Å²) in [6.45, 7) is 1.91. The Morgan fingerprint density at radius 2 is 2.00 bits per heavy atom. The third kappa shape index (κ3) is 4.35. The van der Waals surface area contributed by atoms with Gasteiger partial charge < -0.3 is 14.7 Å². The summed E-state index contributed by atoms with van der Waals surface area (Å²) in [6.07, 6.45) is -0.178. The molecule has 2 aromatic carbocycles. The van der Waals surface area contributed by atoms with E-state index in [0.29, 0.717) is 31.8 Å². The van der Waals surface area contributed by atoms with Gasteiger partial charge in [0.05, 0.1) is 19.3 Å². The number of rotatable bonds is 5. The van der Waals surface area contributed by atoms with Gasteiger partial charge in [-0.1, -0.05) is 30.3 Å². The molecular formula is C19H22N2O4. The van der Waals surface area contributed by atoms with Gasteiger partial charge in [0.15, 0.2) is 0 Å². The van der Waals surface area contributed by atoms with Gasteiger partial charge in [-0.2, -0.15) is 0 Å². The molecule has 1 unspecified atom stereocenters. The maximum Gasteiger partial charge on any atom is 0.317 e. The van der Waals surface area contributed by atoms with E-state index in [-0.39, 0.29) is 18.6 Å². The maximum atomic E-state index is 12.8. The lowest BCUT2D eigenvalue weighted by atomic mass is 10.1. The van der Waals surface area contributed by atoms with Crippen LogP contribution in [0.25, 0.3) is 10.8 Å². The molecule has 0 aliphatic carbocycles. The summed E-state index contributed by atoms with van der Waals surface area (Å²) in [6, 6.07) is 13.7. The zero-order chi connectivity index (χ0) is 17.8. The minimum atomic E-state index is -0.873. The van der Waals surface area contributed by atoms with Crippen LogP contribution < -0.4 is 0 Å². The molecule has 6 nitrogen and oxygen atoms in total. The Bertz CT molecular complexity index is 777. The van der Waals surface area contributed by atoms with Crippen molar-refractivity contribution in [3.8, 4) is 0 Å².